The van der Waals surface area contributed by atoms with Gasteiger partial charge in [-0.05, 0) is 68.1 Å². The molecule has 4 aromatic rings. The van der Waals surface area contributed by atoms with Gasteiger partial charge in [0.2, 0.25) is 0 Å². The molecule has 0 atom stereocenters. The van der Waals surface area contributed by atoms with Gasteiger partial charge >= 0.3 is 0 Å². The van der Waals surface area contributed by atoms with Gasteiger partial charge in [-0.3, -0.25) is 4.79 Å². The van der Waals surface area contributed by atoms with Crippen LogP contribution in [0.15, 0.2) is 65.3 Å². The first-order valence-electron chi connectivity index (χ1n) is 11.6. The molecule has 33 heavy (non-hydrogen) atoms. The maximum absolute atomic E-state index is 11.9. The van der Waals surface area contributed by atoms with Gasteiger partial charge in [0.25, 0.3) is 5.91 Å². The molecule has 1 amide bonds. The summed E-state index contributed by atoms with van der Waals surface area (Å²) in [7, 11) is 0. The van der Waals surface area contributed by atoms with E-state index in [0.717, 1.165) is 60.4 Å². The second-order valence-electron chi connectivity index (χ2n) is 8.33. The molecule has 0 spiro atoms. The van der Waals surface area contributed by atoms with Crippen LogP contribution < -0.4 is 10.1 Å². The molecule has 2 heterocycles. The van der Waals surface area contributed by atoms with Crippen LogP contribution in [-0.4, -0.2) is 28.6 Å². The average molecular weight is 446 g/mol. The first-order valence-corrected chi connectivity index (χ1v) is 11.6. The van der Waals surface area contributed by atoms with Crippen molar-refractivity contribution < 1.29 is 13.9 Å². The number of carbonyl (C=O) groups excluding carboxylic acids is 1. The lowest BCUT2D eigenvalue weighted by Gasteiger charge is -2.13. The maximum atomic E-state index is 11.9. The van der Waals surface area contributed by atoms with Crippen molar-refractivity contribution in [3.63, 3.8) is 0 Å². The summed E-state index contributed by atoms with van der Waals surface area (Å²) in [6, 6.07) is 17.9. The van der Waals surface area contributed by atoms with Crippen LogP contribution in [0.4, 0.5) is 0 Å². The smallest absolute Gasteiger partial charge is 0.286 e. The average Bonchev–Trinajstić information content (AvgIpc) is 3.47. The number of nitrogens with zero attached hydrogens (tertiary/aromatic N) is 2. The van der Waals surface area contributed by atoms with Gasteiger partial charge < -0.3 is 19.0 Å². The van der Waals surface area contributed by atoms with Crippen LogP contribution in [0.25, 0.3) is 11.0 Å². The lowest BCUT2D eigenvalue weighted by Crippen LogP contribution is -2.23. The zero-order valence-electron chi connectivity index (χ0n) is 19.3. The Bertz CT molecular complexity index is 1190. The van der Waals surface area contributed by atoms with Gasteiger partial charge in [-0.25, -0.2) is 4.98 Å². The second kappa shape index (κ2) is 10.9. The van der Waals surface area contributed by atoms with Gasteiger partial charge in [-0.2, -0.15) is 0 Å². The van der Waals surface area contributed by atoms with Crippen LogP contribution in [0.1, 0.15) is 46.8 Å². The Morgan fingerprint density at radius 1 is 1.06 bits per heavy atom. The number of aryl methyl sites for hydroxylation is 3. The highest BCUT2D eigenvalue weighted by Gasteiger charge is 2.11. The summed E-state index contributed by atoms with van der Waals surface area (Å²) in [6.07, 6.45) is 5.35. The number of hydrogen-bond acceptors (Lipinski definition) is 4. The normalized spacial score (nSPS) is 11.1. The summed E-state index contributed by atoms with van der Waals surface area (Å²) >= 11 is 0. The van der Waals surface area contributed by atoms with Gasteiger partial charge in [-0.1, -0.05) is 30.7 Å². The van der Waals surface area contributed by atoms with Crippen molar-refractivity contribution in [1.29, 1.82) is 0 Å². The number of benzene rings is 2. The number of unbranched alkanes of at least 4 members (excludes halogenated alkanes) is 2. The fraction of sp³-hybridized carbons (Fsp3) is 0.333. The number of imidazole rings is 1. The maximum Gasteiger partial charge on any atom is 0.286 e. The number of furan rings is 1. The van der Waals surface area contributed by atoms with Gasteiger partial charge in [0, 0.05) is 13.0 Å². The number of hydrogen-bond donors (Lipinski definition) is 1. The first-order chi connectivity index (χ1) is 16.1. The van der Waals surface area contributed by atoms with Gasteiger partial charge in [0.05, 0.1) is 23.8 Å². The van der Waals surface area contributed by atoms with Crippen LogP contribution in [0, 0.1) is 13.8 Å². The minimum atomic E-state index is -0.161. The molecule has 6 heteroatoms. The molecule has 0 aliphatic heterocycles. The molecule has 1 N–H and O–H groups in total. The fourth-order valence-corrected chi connectivity index (χ4v) is 3.96. The zero-order valence-corrected chi connectivity index (χ0v) is 19.3. The number of carbonyl (C=O) groups is 1. The van der Waals surface area contributed by atoms with Gasteiger partial charge in [-0.15, -0.1) is 0 Å². The number of aromatic nitrogens is 2. The molecule has 0 bridgehead atoms. The van der Waals surface area contributed by atoms with Crippen molar-refractivity contribution in [2.24, 2.45) is 0 Å². The lowest BCUT2D eigenvalue weighted by molar-refractivity contribution is 0.0925. The Balaban J connectivity index is 1.30. The Hall–Kier alpha value is -3.54. The van der Waals surface area contributed by atoms with Gasteiger partial charge in [0.15, 0.2) is 5.76 Å². The summed E-state index contributed by atoms with van der Waals surface area (Å²) in [4.78, 5) is 16.8. The largest absolute Gasteiger partial charge is 0.491 e. The molecule has 0 aliphatic carbocycles. The second-order valence-corrected chi connectivity index (χ2v) is 8.33. The molecule has 2 aromatic carbocycles. The molecule has 2 aromatic heterocycles. The van der Waals surface area contributed by atoms with Crippen molar-refractivity contribution in [3.8, 4) is 5.75 Å². The van der Waals surface area contributed by atoms with E-state index in [0.29, 0.717) is 18.9 Å². The van der Waals surface area contributed by atoms with Crippen molar-refractivity contribution >= 4 is 16.9 Å². The molecular formula is C27H31N3O3. The quantitative estimate of drug-likeness (QED) is 0.311. The molecule has 0 saturated heterocycles. The summed E-state index contributed by atoms with van der Waals surface area (Å²) in [5, 5.41) is 2.90. The van der Waals surface area contributed by atoms with E-state index >= 15 is 0 Å². The Labute approximate surface area is 194 Å². The van der Waals surface area contributed by atoms with Crippen LogP contribution in [0.3, 0.4) is 0 Å². The number of ether oxygens (including phenoxy) is 1. The minimum Gasteiger partial charge on any atom is -0.491 e. The molecule has 0 aliphatic rings. The predicted octanol–water partition coefficient (Wildman–Crippen LogP) is 5.47. The Kier molecular flexibility index (Phi) is 7.45. The third-order valence-corrected chi connectivity index (χ3v) is 5.76. The third kappa shape index (κ3) is 5.83. The van der Waals surface area contributed by atoms with Crippen molar-refractivity contribution in [3.05, 3.63) is 83.6 Å². The van der Waals surface area contributed by atoms with Crippen molar-refractivity contribution in [1.82, 2.24) is 14.9 Å². The molecular weight excluding hydrogens is 414 g/mol. The minimum absolute atomic E-state index is 0.161. The highest BCUT2D eigenvalue weighted by Crippen LogP contribution is 2.21. The SMILES string of the molecule is Cc1ccc(C)c(OCCn2c(CCCCCNC(=O)c3ccco3)nc3ccccc32)c1. The number of fused-ring (bicyclic) bond motifs is 1. The van der Waals surface area contributed by atoms with E-state index in [1.807, 2.05) is 6.07 Å². The van der Waals surface area contributed by atoms with E-state index in [4.69, 9.17) is 14.1 Å². The van der Waals surface area contributed by atoms with E-state index in [-0.39, 0.29) is 5.91 Å². The van der Waals surface area contributed by atoms with Crippen LogP contribution in [0.5, 0.6) is 5.75 Å². The van der Waals surface area contributed by atoms with E-state index in [9.17, 15) is 4.79 Å². The molecule has 4 rings (SSSR count). The van der Waals surface area contributed by atoms with Crippen LogP contribution in [-0.2, 0) is 13.0 Å². The molecule has 0 unspecified atom stereocenters. The van der Waals surface area contributed by atoms with E-state index in [1.54, 1.807) is 12.1 Å². The van der Waals surface area contributed by atoms with E-state index < -0.39 is 0 Å². The summed E-state index contributed by atoms with van der Waals surface area (Å²) in [6.45, 7) is 6.14. The summed E-state index contributed by atoms with van der Waals surface area (Å²) in [5.41, 5.74) is 4.51. The Morgan fingerprint density at radius 2 is 1.94 bits per heavy atom. The molecule has 6 nitrogen and oxygen atoms in total. The van der Waals surface area contributed by atoms with Gasteiger partial charge in [0.1, 0.15) is 18.2 Å². The number of amides is 1. The Morgan fingerprint density at radius 3 is 2.79 bits per heavy atom. The lowest BCUT2D eigenvalue weighted by atomic mass is 10.1. The summed E-state index contributed by atoms with van der Waals surface area (Å²) in [5.74, 6) is 2.22. The number of rotatable bonds is 11. The monoisotopic (exact) mass is 445 g/mol. The highest BCUT2D eigenvalue weighted by atomic mass is 16.5. The highest BCUT2D eigenvalue weighted by molar-refractivity contribution is 5.91. The molecule has 0 saturated carbocycles. The molecule has 0 fully saturated rings. The zero-order chi connectivity index (χ0) is 23.0. The molecule has 172 valence electrons. The van der Waals surface area contributed by atoms with E-state index in [1.165, 1.54) is 11.8 Å². The predicted molar refractivity (Wildman–Crippen MR) is 130 cm³/mol. The van der Waals surface area contributed by atoms with E-state index in [2.05, 4.69) is 60.1 Å². The van der Waals surface area contributed by atoms with Crippen molar-refractivity contribution in [2.45, 2.75) is 46.1 Å². The van der Waals surface area contributed by atoms with Crippen molar-refractivity contribution in [2.75, 3.05) is 13.2 Å². The fourth-order valence-electron chi connectivity index (χ4n) is 3.96. The van der Waals surface area contributed by atoms with Crippen LogP contribution >= 0.6 is 0 Å². The standard InChI is InChI=1S/C27H31N3O3/c1-20-13-14-21(2)25(19-20)33-18-16-30-23-10-6-5-9-22(23)29-26(30)12-4-3-7-15-28-27(31)24-11-8-17-32-24/h5-6,8-11,13-14,17,19H,3-4,7,12,15-16,18H2,1-2H3,(H,28,31). The number of para-hydroxylation sites is 2. The topological polar surface area (TPSA) is 69.3 Å². The third-order valence-electron chi connectivity index (χ3n) is 5.76. The number of nitrogens with one attached hydrogen (secondary N) is 1. The summed E-state index contributed by atoms with van der Waals surface area (Å²) < 4.78 is 13.5. The molecule has 0 radical (unpaired) electrons. The first kappa shape index (κ1) is 22.6. The van der Waals surface area contributed by atoms with Crippen LogP contribution in [0.2, 0.25) is 0 Å².